The molecule has 0 saturated heterocycles. The van der Waals surface area contributed by atoms with Gasteiger partial charge in [0.2, 0.25) is 0 Å². The Labute approximate surface area is 249 Å². The molecule has 0 spiro atoms. The second-order valence-corrected chi connectivity index (χ2v) is 11.7. The number of hydrogen-bond acceptors (Lipinski definition) is 6. The van der Waals surface area contributed by atoms with Crippen molar-refractivity contribution in [3.8, 4) is 11.5 Å². The standard InChI is InChI=1S/C32H35BrClNO5/c1-3-39-28-18-21(17-23(33)32(28)40-19-20-11-13-22(34)14-12-20)29-30-24(7-4-9-26(30)36)35(15-6-16-38-2)25-8-5-10-27(37)31(25)29/h11-14,17-18,29H,3-10,15-16,19H2,1-2H3. The summed E-state index contributed by atoms with van der Waals surface area (Å²) in [4.78, 5) is 29.5. The first-order chi connectivity index (χ1) is 19.4. The third-order valence-corrected chi connectivity index (χ3v) is 8.62. The number of carbonyl (C=O) groups excluding carboxylic acids is 2. The maximum absolute atomic E-state index is 13.6. The fraction of sp³-hybridized carbons (Fsp3) is 0.438. The van der Waals surface area contributed by atoms with E-state index in [9.17, 15) is 9.59 Å². The van der Waals surface area contributed by atoms with Gasteiger partial charge in [-0.1, -0.05) is 23.7 Å². The lowest BCUT2D eigenvalue weighted by molar-refractivity contribution is -0.117. The van der Waals surface area contributed by atoms with Crippen LogP contribution in [0.1, 0.15) is 68.9 Å². The molecule has 0 saturated carbocycles. The van der Waals surface area contributed by atoms with Gasteiger partial charge in [0.1, 0.15) is 6.61 Å². The number of nitrogens with zero attached hydrogens (tertiary/aromatic N) is 1. The van der Waals surface area contributed by atoms with Crippen LogP contribution in [-0.2, 0) is 20.9 Å². The Morgan fingerprint density at radius 1 is 0.950 bits per heavy atom. The molecule has 0 unspecified atom stereocenters. The van der Waals surface area contributed by atoms with E-state index < -0.39 is 5.92 Å². The Kier molecular flexibility index (Phi) is 9.34. The van der Waals surface area contributed by atoms with E-state index in [1.807, 2.05) is 43.3 Å². The SMILES string of the molecule is CCOc1cc(C2C3=C(CCCC3=O)N(CCCOC)C3=C2C(=O)CCC3)cc(Br)c1OCc1ccc(Cl)cc1. The molecule has 40 heavy (non-hydrogen) atoms. The quantitative estimate of drug-likeness (QED) is 0.254. The largest absolute Gasteiger partial charge is 0.490 e. The van der Waals surface area contributed by atoms with E-state index in [-0.39, 0.29) is 11.6 Å². The fourth-order valence-electron chi connectivity index (χ4n) is 6.08. The van der Waals surface area contributed by atoms with Crippen molar-refractivity contribution in [1.82, 2.24) is 4.90 Å². The summed E-state index contributed by atoms with van der Waals surface area (Å²) in [6, 6.07) is 11.5. The van der Waals surface area contributed by atoms with Crippen molar-refractivity contribution < 1.29 is 23.8 Å². The molecule has 0 radical (unpaired) electrons. The second kappa shape index (κ2) is 12.9. The van der Waals surface area contributed by atoms with Crippen LogP contribution in [0.25, 0.3) is 0 Å². The van der Waals surface area contributed by atoms with Gasteiger partial charge < -0.3 is 19.1 Å². The van der Waals surface area contributed by atoms with Gasteiger partial charge in [0.15, 0.2) is 23.1 Å². The van der Waals surface area contributed by atoms with Gasteiger partial charge in [0.25, 0.3) is 0 Å². The second-order valence-electron chi connectivity index (χ2n) is 10.4. The lowest BCUT2D eigenvalue weighted by atomic mass is 9.71. The first kappa shape index (κ1) is 28.9. The number of benzene rings is 2. The van der Waals surface area contributed by atoms with Crippen LogP contribution in [0.3, 0.4) is 0 Å². The van der Waals surface area contributed by atoms with Gasteiger partial charge in [-0.2, -0.15) is 0 Å². The fourth-order valence-corrected chi connectivity index (χ4v) is 6.78. The summed E-state index contributed by atoms with van der Waals surface area (Å²) in [5.41, 5.74) is 5.53. The number of ether oxygens (including phenoxy) is 3. The molecule has 0 fully saturated rings. The van der Waals surface area contributed by atoms with Crippen LogP contribution in [0.15, 0.2) is 63.4 Å². The topological polar surface area (TPSA) is 65.1 Å². The normalized spacial score (nSPS) is 17.8. The summed E-state index contributed by atoms with van der Waals surface area (Å²) in [6.45, 7) is 4.10. The highest BCUT2D eigenvalue weighted by Crippen LogP contribution is 2.51. The maximum Gasteiger partial charge on any atom is 0.175 e. The van der Waals surface area contributed by atoms with Crippen molar-refractivity contribution in [3.05, 3.63) is 79.6 Å². The predicted molar refractivity (Wildman–Crippen MR) is 159 cm³/mol. The summed E-state index contributed by atoms with van der Waals surface area (Å²) < 4.78 is 18.3. The summed E-state index contributed by atoms with van der Waals surface area (Å²) >= 11 is 9.77. The molecule has 6 nitrogen and oxygen atoms in total. The average Bonchev–Trinajstić information content (AvgIpc) is 2.94. The molecule has 2 aliphatic carbocycles. The highest BCUT2D eigenvalue weighted by atomic mass is 79.9. The molecule has 212 valence electrons. The van der Waals surface area contributed by atoms with Gasteiger partial charge in [-0.3, -0.25) is 9.59 Å². The first-order valence-corrected chi connectivity index (χ1v) is 15.2. The average molecular weight is 629 g/mol. The molecule has 2 aromatic carbocycles. The molecule has 0 bridgehead atoms. The molecule has 0 N–H and O–H groups in total. The highest BCUT2D eigenvalue weighted by molar-refractivity contribution is 9.10. The molecule has 0 atom stereocenters. The van der Waals surface area contributed by atoms with Crippen LogP contribution in [0.2, 0.25) is 5.02 Å². The van der Waals surface area contributed by atoms with Gasteiger partial charge in [-0.05, 0) is 90.4 Å². The Balaban J connectivity index is 1.58. The Morgan fingerprint density at radius 2 is 1.60 bits per heavy atom. The van der Waals surface area contributed by atoms with Gasteiger partial charge in [-0.15, -0.1) is 0 Å². The van der Waals surface area contributed by atoms with Crippen molar-refractivity contribution in [3.63, 3.8) is 0 Å². The Hall–Kier alpha value is -2.61. The Morgan fingerprint density at radius 3 is 2.20 bits per heavy atom. The molecule has 5 rings (SSSR count). The van der Waals surface area contributed by atoms with Crippen molar-refractivity contribution in [2.45, 2.75) is 64.4 Å². The molecular formula is C32H35BrClNO5. The minimum atomic E-state index is -0.412. The lowest BCUT2D eigenvalue weighted by Crippen LogP contribution is -2.39. The molecule has 1 aliphatic heterocycles. The van der Waals surface area contributed by atoms with Gasteiger partial charge in [0, 0.05) is 66.6 Å². The summed E-state index contributed by atoms with van der Waals surface area (Å²) in [5.74, 6) is 1.02. The van der Waals surface area contributed by atoms with Crippen LogP contribution < -0.4 is 9.47 Å². The molecule has 3 aliphatic rings. The maximum atomic E-state index is 13.6. The smallest absolute Gasteiger partial charge is 0.175 e. The zero-order valence-corrected chi connectivity index (χ0v) is 25.4. The third-order valence-electron chi connectivity index (χ3n) is 7.78. The first-order valence-electron chi connectivity index (χ1n) is 14.0. The minimum absolute atomic E-state index is 0.130. The lowest BCUT2D eigenvalue weighted by Gasteiger charge is -2.44. The molecule has 0 aromatic heterocycles. The number of carbonyl (C=O) groups is 2. The van der Waals surface area contributed by atoms with Gasteiger partial charge >= 0.3 is 0 Å². The van der Waals surface area contributed by atoms with Gasteiger partial charge in [-0.25, -0.2) is 0 Å². The number of methoxy groups -OCH3 is 1. The number of halogens is 2. The van der Waals surface area contributed by atoms with Crippen LogP contribution in [-0.4, -0.2) is 43.3 Å². The molecule has 0 amide bonds. The van der Waals surface area contributed by atoms with Gasteiger partial charge in [0.05, 0.1) is 11.1 Å². The van der Waals surface area contributed by atoms with Crippen LogP contribution in [0.4, 0.5) is 0 Å². The summed E-state index contributed by atoms with van der Waals surface area (Å²) in [6.07, 6.45) is 5.14. The van der Waals surface area contributed by atoms with E-state index in [0.717, 1.165) is 76.8 Å². The summed E-state index contributed by atoms with van der Waals surface area (Å²) in [5, 5.41) is 0.672. The van der Waals surface area contributed by atoms with Crippen molar-refractivity contribution in [1.29, 1.82) is 0 Å². The molecule has 8 heteroatoms. The van der Waals surface area contributed by atoms with Crippen LogP contribution in [0.5, 0.6) is 11.5 Å². The molecular weight excluding hydrogens is 594 g/mol. The van der Waals surface area contributed by atoms with E-state index in [0.29, 0.717) is 49.2 Å². The van der Waals surface area contributed by atoms with Crippen LogP contribution in [0, 0.1) is 0 Å². The summed E-state index contributed by atoms with van der Waals surface area (Å²) in [7, 11) is 1.70. The van der Waals surface area contributed by atoms with E-state index >= 15 is 0 Å². The van der Waals surface area contributed by atoms with E-state index in [1.165, 1.54) is 0 Å². The molecule has 2 aromatic rings. The van der Waals surface area contributed by atoms with Crippen molar-refractivity contribution >= 4 is 39.1 Å². The monoisotopic (exact) mass is 627 g/mol. The van der Waals surface area contributed by atoms with Crippen molar-refractivity contribution in [2.75, 3.05) is 26.9 Å². The zero-order chi connectivity index (χ0) is 28.2. The zero-order valence-electron chi connectivity index (χ0n) is 23.1. The number of ketones is 2. The molecule has 1 heterocycles. The number of allylic oxidation sites excluding steroid dienone is 4. The van der Waals surface area contributed by atoms with E-state index in [2.05, 4.69) is 20.8 Å². The predicted octanol–water partition coefficient (Wildman–Crippen LogP) is 7.53. The Bertz CT molecular complexity index is 1310. The van der Waals surface area contributed by atoms with Crippen LogP contribution >= 0.6 is 27.5 Å². The van der Waals surface area contributed by atoms with E-state index in [1.54, 1.807) is 7.11 Å². The number of hydrogen-bond donors (Lipinski definition) is 0. The van der Waals surface area contributed by atoms with E-state index in [4.69, 9.17) is 25.8 Å². The van der Waals surface area contributed by atoms with Crippen molar-refractivity contribution in [2.24, 2.45) is 0 Å². The number of Topliss-reactive ketones (excluding diaryl/α,β-unsaturated/α-hetero) is 2. The third kappa shape index (κ3) is 5.88. The minimum Gasteiger partial charge on any atom is -0.490 e. The highest BCUT2D eigenvalue weighted by Gasteiger charge is 2.43. The number of rotatable bonds is 10.